The first-order valence-corrected chi connectivity index (χ1v) is 8.44. The summed E-state index contributed by atoms with van der Waals surface area (Å²) in [5.74, 6) is 2.62. The van der Waals surface area contributed by atoms with Gasteiger partial charge >= 0.3 is 0 Å². The summed E-state index contributed by atoms with van der Waals surface area (Å²) >= 11 is 1.89. The van der Waals surface area contributed by atoms with Gasteiger partial charge < -0.3 is 15.0 Å². The number of hydrogen-bond acceptors (Lipinski definition) is 5. The first-order chi connectivity index (χ1) is 10.1. The highest BCUT2D eigenvalue weighted by atomic mass is 32.2. The van der Waals surface area contributed by atoms with Crippen LogP contribution in [0.1, 0.15) is 23.2 Å². The van der Waals surface area contributed by atoms with E-state index in [1.807, 2.05) is 25.9 Å². The number of carbonyl (C=O) groups excluding carboxylic acids is 1. The van der Waals surface area contributed by atoms with E-state index in [0.717, 1.165) is 30.9 Å². The highest BCUT2D eigenvalue weighted by Crippen LogP contribution is 2.22. The number of carbonyl (C=O) groups is 1. The second kappa shape index (κ2) is 8.24. The molecular weight excluding hydrogens is 286 g/mol. The fourth-order valence-corrected chi connectivity index (χ4v) is 3.18. The summed E-state index contributed by atoms with van der Waals surface area (Å²) in [6.45, 7) is 1.64. The Hall–Kier alpha value is -1.27. The Morgan fingerprint density at radius 3 is 3.14 bits per heavy atom. The molecule has 1 amide bonds. The van der Waals surface area contributed by atoms with Crippen molar-refractivity contribution in [2.45, 2.75) is 18.9 Å². The Morgan fingerprint density at radius 1 is 1.57 bits per heavy atom. The predicted molar refractivity (Wildman–Crippen MR) is 86.1 cm³/mol. The van der Waals surface area contributed by atoms with E-state index < -0.39 is 0 Å². The Bertz CT molecular complexity index is 462. The molecule has 116 valence electrons. The molecule has 2 rings (SSSR count). The molecule has 1 atom stereocenters. The monoisotopic (exact) mass is 309 g/mol. The van der Waals surface area contributed by atoms with E-state index in [-0.39, 0.29) is 12.0 Å². The lowest BCUT2D eigenvalue weighted by Crippen LogP contribution is -2.27. The van der Waals surface area contributed by atoms with Crippen molar-refractivity contribution in [2.75, 3.05) is 38.7 Å². The minimum Gasteiger partial charge on any atom is -0.473 e. The van der Waals surface area contributed by atoms with Gasteiger partial charge in [0.15, 0.2) is 0 Å². The third-order valence-electron chi connectivity index (χ3n) is 3.24. The van der Waals surface area contributed by atoms with Gasteiger partial charge in [-0.3, -0.25) is 4.79 Å². The molecule has 6 heteroatoms. The van der Waals surface area contributed by atoms with E-state index in [4.69, 9.17) is 4.74 Å². The summed E-state index contributed by atoms with van der Waals surface area (Å²) in [5.41, 5.74) is 0.607. The van der Waals surface area contributed by atoms with Crippen molar-refractivity contribution in [1.29, 1.82) is 0 Å². The van der Waals surface area contributed by atoms with E-state index in [1.54, 1.807) is 18.3 Å². The van der Waals surface area contributed by atoms with Crippen molar-refractivity contribution in [3.8, 4) is 5.88 Å². The Morgan fingerprint density at radius 2 is 2.43 bits per heavy atom. The highest BCUT2D eigenvalue weighted by Gasteiger charge is 2.18. The lowest BCUT2D eigenvalue weighted by molar-refractivity contribution is 0.0951. The molecule has 0 radical (unpaired) electrons. The van der Waals surface area contributed by atoms with Gasteiger partial charge in [0, 0.05) is 30.1 Å². The molecule has 1 aliphatic rings. The van der Waals surface area contributed by atoms with E-state index in [1.165, 1.54) is 0 Å². The molecule has 0 spiro atoms. The SMILES string of the molecule is CN(C)CCCNC(=O)c1ccnc(OC2CCSC2)c1. The number of nitrogens with one attached hydrogen (secondary N) is 1. The second-order valence-electron chi connectivity index (χ2n) is 5.40. The minimum absolute atomic E-state index is 0.0678. The van der Waals surface area contributed by atoms with Gasteiger partial charge in [-0.1, -0.05) is 0 Å². The van der Waals surface area contributed by atoms with Gasteiger partial charge in [0.2, 0.25) is 5.88 Å². The van der Waals surface area contributed by atoms with Crippen molar-refractivity contribution >= 4 is 17.7 Å². The number of thioether (sulfide) groups is 1. The quantitative estimate of drug-likeness (QED) is 0.776. The van der Waals surface area contributed by atoms with Crippen LogP contribution in [-0.4, -0.2) is 60.6 Å². The number of nitrogens with zero attached hydrogens (tertiary/aromatic N) is 2. The summed E-state index contributed by atoms with van der Waals surface area (Å²) in [5, 5.41) is 2.92. The number of ether oxygens (including phenoxy) is 1. The van der Waals surface area contributed by atoms with E-state index in [0.29, 0.717) is 18.0 Å². The number of aromatic nitrogens is 1. The highest BCUT2D eigenvalue weighted by molar-refractivity contribution is 7.99. The molecular formula is C15H23N3O2S. The van der Waals surface area contributed by atoms with Crippen LogP contribution in [0.2, 0.25) is 0 Å². The molecule has 21 heavy (non-hydrogen) atoms. The van der Waals surface area contributed by atoms with Gasteiger partial charge in [-0.15, -0.1) is 0 Å². The van der Waals surface area contributed by atoms with Crippen LogP contribution in [0.25, 0.3) is 0 Å². The van der Waals surface area contributed by atoms with Gasteiger partial charge in [-0.05, 0) is 45.3 Å². The van der Waals surface area contributed by atoms with Gasteiger partial charge in [0.25, 0.3) is 5.91 Å². The lowest BCUT2D eigenvalue weighted by atomic mass is 10.2. The van der Waals surface area contributed by atoms with Gasteiger partial charge in [0.1, 0.15) is 6.10 Å². The summed E-state index contributed by atoms with van der Waals surface area (Å²) in [6, 6.07) is 3.45. The molecule has 1 saturated heterocycles. The van der Waals surface area contributed by atoms with Crippen molar-refractivity contribution < 1.29 is 9.53 Å². The normalized spacial score (nSPS) is 18.0. The van der Waals surface area contributed by atoms with Crippen LogP contribution in [0.4, 0.5) is 0 Å². The number of rotatable bonds is 7. The second-order valence-corrected chi connectivity index (χ2v) is 6.55. The average molecular weight is 309 g/mol. The molecule has 1 unspecified atom stereocenters. The Kier molecular flexibility index (Phi) is 6.32. The van der Waals surface area contributed by atoms with Crippen LogP contribution in [0, 0.1) is 0 Å². The standard InChI is InChI=1S/C15H23N3O2S/c1-18(2)8-3-6-17-15(19)12-4-7-16-14(10-12)20-13-5-9-21-11-13/h4,7,10,13H,3,5-6,8-9,11H2,1-2H3,(H,17,19). The first kappa shape index (κ1) is 16.1. The largest absolute Gasteiger partial charge is 0.473 e. The molecule has 1 N–H and O–H groups in total. The van der Waals surface area contributed by atoms with Gasteiger partial charge in [-0.2, -0.15) is 11.8 Å². The molecule has 1 aliphatic heterocycles. The van der Waals surface area contributed by atoms with E-state index in [9.17, 15) is 4.79 Å². The molecule has 0 saturated carbocycles. The number of hydrogen-bond donors (Lipinski definition) is 1. The molecule has 0 aliphatic carbocycles. The lowest BCUT2D eigenvalue weighted by Gasteiger charge is -2.12. The molecule has 1 fully saturated rings. The Labute approximate surface area is 130 Å². The first-order valence-electron chi connectivity index (χ1n) is 7.28. The van der Waals surface area contributed by atoms with Crippen LogP contribution < -0.4 is 10.1 Å². The Balaban J connectivity index is 1.82. The third-order valence-corrected chi connectivity index (χ3v) is 4.37. The summed E-state index contributed by atoms with van der Waals surface area (Å²) < 4.78 is 5.80. The minimum atomic E-state index is -0.0678. The summed E-state index contributed by atoms with van der Waals surface area (Å²) in [4.78, 5) is 18.4. The number of pyridine rings is 1. The van der Waals surface area contributed by atoms with Crippen LogP contribution in [-0.2, 0) is 0 Å². The zero-order valence-corrected chi connectivity index (χ0v) is 13.5. The van der Waals surface area contributed by atoms with Crippen molar-refractivity contribution in [3.05, 3.63) is 23.9 Å². The molecule has 2 heterocycles. The maximum atomic E-state index is 12.1. The molecule has 1 aromatic heterocycles. The van der Waals surface area contributed by atoms with Crippen LogP contribution in [0.15, 0.2) is 18.3 Å². The third kappa shape index (κ3) is 5.55. The van der Waals surface area contributed by atoms with Crippen LogP contribution in [0.5, 0.6) is 5.88 Å². The van der Waals surface area contributed by atoms with Crippen LogP contribution in [0.3, 0.4) is 0 Å². The fraction of sp³-hybridized carbons (Fsp3) is 0.600. The average Bonchev–Trinajstić information content (AvgIpc) is 2.96. The maximum absolute atomic E-state index is 12.1. The zero-order valence-electron chi connectivity index (χ0n) is 12.7. The number of amides is 1. The van der Waals surface area contributed by atoms with E-state index >= 15 is 0 Å². The van der Waals surface area contributed by atoms with Crippen molar-refractivity contribution in [1.82, 2.24) is 15.2 Å². The zero-order chi connectivity index (χ0) is 15.1. The smallest absolute Gasteiger partial charge is 0.251 e. The predicted octanol–water partition coefficient (Wildman–Crippen LogP) is 1.65. The topological polar surface area (TPSA) is 54.5 Å². The maximum Gasteiger partial charge on any atom is 0.251 e. The molecule has 1 aromatic rings. The van der Waals surface area contributed by atoms with E-state index in [2.05, 4.69) is 15.2 Å². The fourth-order valence-electron chi connectivity index (χ4n) is 2.09. The van der Waals surface area contributed by atoms with Crippen molar-refractivity contribution in [3.63, 3.8) is 0 Å². The van der Waals surface area contributed by atoms with Gasteiger partial charge in [0.05, 0.1) is 0 Å². The summed E-state index contributed by atoms with van der Waals surface area (Å²) in [6.07, 6.45) is 3.84. The molecule has 0 aromatic carbocycles. The molecule has 5 nitrogen and oxygen atoms in total. The molecule has 0 bridgehead atoms. The van der Waals surface area contributed by atoms with Crippen molar-refractivity contribution in [2.24, 2.45) is 0 Å². The van der Waals surface area contributed by atoms with Gasteiger partial charge in [-0.25, -0.2) is 4.98 Å². The van der Waals surface area contributed by atoms with Crippen LogP contribution >= 0.6 is 11.8 Å². The summed E-state index contributed by atoms with van der Waals surface area (Å²) in [7, 11) is 4.05.